The molecule has 3 heteroatoms. The van der Waals surface area contributed by atoms with Crippen LogP contribution in [0.4, 0.5) is 0 Å². The highest BCUT2D eigenvalue weighted by Gasteiger charge is 2.15. The van der Waals surface area contributed by atoms with Crippen LogP contribution in [0.2, 0.25) is 0 Å². The van der Waals surface area contributed by atoms with Gasteiger partial charge < -0.3 is 9.32 Å². The van der Waals surface area contributed by atoms with Crippen LogP contribution in [0.5, 0.6) is 0 Å². The van der Waals surface area contributed by atoms with Gasteiger partial charge in [0.15, 0.2) is 5.76 Å². The molecular formula is C11H13NO2. The molecule has 14 heavy (non-hydrogen) atoms. The second kappa shape index (κ2) is 5.07. The minimum absolute atomic E-state index is 0.144. The Bertz CT molecular complexity index is 304. The summed E-state index contributed by atoms with van der Waals surface area (Å²) in [6.07, 6.45) is 4.82. The Morgan fingerprint density at radius 3 is 2.50 bits per heavy atom. The fraction of sp³-hybridized carbons (Fsp3) is 0.182. The molecule has 0 bridgehead atoms. The molecule has 0 aromatic carbocycles. The number of furan rings is 1. The van der Waals surface area contributed by atoms with Gasteiger partial charge in [-0.2, -0.15) is 0 Å². The molecule has 0 aliphatic carbocycles. The molecule has 0 N–H and O–H groups in total. The number of amides is 1. The molecule has 3 nitrogen and oxygen atoms in total. The van der Waals surface area contributed by atoms with Crippen LogP contribution in [0.15, 0.2) is 48.1 Å². The second-order valence-electron chi connectivity index (χ2n) is 2.76. The molecule has 0 fully saturated rings. The summed E-state index contributed by atoms with van der Waals surface area (Å²) in [4.78, 5) is 13.3. The zero-order valence-electron chi connectivity index (χ0n) is 7.98. The number of carbonyl (C=O) groups is 1. The Balaban J connectivity index is 2.72. The molecule has 74 valence electrons. The molecule has 0 radical (unpaired) electrons. The maximum Gasteiger partial charge on any atom is 0.290 e. The second-order valence-corrected chi connectivity index (χ2v) is 2.76. The molecular weight excluding hydrogens is 178 g/mol. The van der Waals surface area contributed by atoms with Crippen LogP contribution in [0.25, 0.3) is 0 Å². The van der Waals surface area contributed by atoms with Gasteiger partial charge in [-0.15, -0.1) is 13.2 Å². The first-order chi connectivity index (χ1) is 6.79. The Morgan fingerprint density at radius 2 is 2.07 bits per heavy atom. The third-order valence-electron chi connectivity index (χ3n) is 1.72. The van der Waals surface area contributed by atoms with Crippen molar-refractivity contribution in [3.8, 4) is 0 Å². The third kappa shape index (κ3) is 2.36. The molecule has 0 saturated carbocycles. The van der Waals surface area contributed by atoms with Gasteiger partial charge in [0.25, 0.3) is 5.91 Å². The van der Waals surface area contributed by atoms with Gasteiger partial charge in [0.1, 0.15) is 0 Å². The average molecular weight is 191 g/mol. The summed E-state index contributed by atoms with van der Waals surface area (Å²) < 4.78 is 5.01. The monoisotopic (exact) mass is 191 g/mol. The van der Waals surface area contributed by atoms with Gasteiger partial charge in [0, 0.05) is 13.1 Å². The summed E-state index contributed by atoms with van der Waals surface area (Å²) in [6, 6.07) is 3.33. The molecule has 1 aromatic heterocycles. The van der Waals surface area contributed by atoms with Gasteiger partial charge in [-0.05, 0) is 12.1 Å². The lowest BCUT2D eigenvalue weighted by Crippen LogP contribution is -2.30. The molecule has 0 atom stereocenters. The van der Waals surface area contributed by atoms with Crippen molar-refractivity contribution < 1.29 is 9.21 Å². The molecule has 0 spiro atoms. The first kappa shape index (κ1) is 10.3. The van der Waals surface area contributed by atoms with Crippen molar-refractivity contribution in [2.45, 2.75) is 0 Å². The van der Waals surface area contributed by atoms with Crippen molar-refractivity contribution in [3.63, 3.8) is 0 Å². The van der Waals surface area contributed by atoms with Crippen molar-refractivity contribution in [2.24, 2.45) is 0 Å². The summed E-state index contributed by atoms with van der Waals surface area (Å²) in [5.74, 6) is 0.198. The number of nitrogens with zero attached hydrogens (tertiary/aromatic N) is 1. The van der Waals surface area contributed by atoms with E-state index < -0.39 is 0 Å². The van der Waals surface area contributed by atoms with Crippen molar-refractivity contribution >= 4 is 5.91 Å². The quantitative estimate of drug-likeness (QED) is 0.668. The molecule has 0 aliphatic heterocycles. The Kier molecular flexibility index (Phi) is 3.73. The van der Waals surface area contributed by atoms with Gasteiger partial charge in [0.05, 0.1) is 6.26 Å². The summed E-state index contributed by atoms with van der Waals surface area (Å²) in [7, 11) is 0. The Hall–Kier alpha value is -1.77. The molecule has 0 aliphatic rings. The summed E-state index contributed by atoms with van der Waals surface area (Å²) >= 11 is 0. The summed E-state index contributed by atoms with van der Waals surface area (Å²) in [6.45, 7) is 8.16. The van der Waals surface area contributed by atoms with E-state index in [0.29, 0.717) is 18.8 Å². The van der Waals surface area contributed by atoms with E-state index in [1.54, 1.807) is 29.2 Å². The van der Waals surface area contributed by atoms with E-state index >= 15 is 0 Å². The van der Waals surface area contributed by atoms with Crippen LogP contribution >= 0.6 is 0 Å². The first-order valence-electron chi connectivity index (χ1n) is 4.34. The van der Waals surface area contributed by atoms with E-state index in [4.69, 9.17) is 4.42 Å². The predicted octanol–water partition coefficient (Wildman–Crippen LogP) is 2.09. The first-order valence-corrected chi connectivity index (χ1v) is 4.34. The van der Waals surface area contributed by atoms with Gasteiger partial charge in [0.2, 0.25) is 0 Å². The minimum atomic E-state index is -0.144. The van der Waals surface area contributed by atoms with E-state index in [2.05, 4.69) is 13.2 Å². The summed E-state index contributed by atoms with van der Waals surface area (Å²) in [5.41, 5.74) is 0. The lowest BCUT2D eigenvalue weighted by Gasteiger charge is -2.17. The van der Waals surface area contributed by atoms with Gasteiger partial charge in [-0.1, -0.05) is 12.2 Å². The van der Waals surface area contributed by atoms with Crippen molar-refractivity contribution in [3.05, 3.63) is 49.5 Å². The van der Waals surface area contributed by atoms with Gasteiger partial charge in [-0.25, -0.2) is 0 Å². The predicted molar refractivity (Wildman–Crippen MR) is 55.0 cm³/mol. The zero-order chi connectivity index (χ0) is 10.4. The normalized spacial score (nSPS) is 9.43. The highest BCUT2D eigenvalue weighted by Crippen LogP contribution is 2.05. The Labute approximate surface area is 83.3 Å². The molecule has 0 unspecified atom stereocenters. The fourth-order valence-electron chi connectivity index (χ4n) is 1.11. The fourth-order valence-corrected chi connectivity index (χ4v) is 1.11. The molecule has 1 amide bonds. The minimum Gasteiger partial charge on any atom is -0.459 e. The number of rotatable bonds is 5. The summed E-state index contributed by atoms with van der Waals surface area (Å²) in [5, 5.41) is 0. The highest BCUT2D eigenvalue weighted by atomic mass is 16.3. The van der Waals surface area contributed by atoms with Gasteiger partial charge in [-0.3, -0.25) is 4.79 Å². The van der Waals surface area contributed by atoms with Crippen LogP contribution in [0.1, 0.15) is 10.6 Å². The number of hydrogen-bond acceptors (Lipinski definition) is 2. The van der Waals surface area contributed by atoms with Crippen LogP contribution in [-0.4, -0.2) is 23.9 Å². The van der Waals surface area contributed by atoms with E-state index in [1.165, 1.54) is 6.26 Å². The lowest BCUT2D eigenvalue weighted by molar-refractivity contribution is 0.0759. The van der Waals surface area contributed by atoms with E-state index in [-0.39, 0.29) is 5.91 Å². The molecule has 0 saturated heterocycles. The largest absolute Gasteiger partial charge is 0.459 e. The van der Waals surface area contributed by atoms with Crippen LogP contribution in [0, 0.1) is 0 Å². The average Bonchev–Trinajstić information content (AvgIpc) is 2.69. The SMILES string of the molecule is C=CCN(CC=C)C(=O)c1ccco1. The van der Waals surface area contributed by atoms with Gasteiger partial charge >= 0.3 is 0 Å². The third-order valence-corrected chi connectivity index (χ3v) is 1.72. The standard InChI is InChI=1S/C11H13NO2/c1-3-7-12(8-4-2)11(13)10-6-5-9-14-10/h3-6,9H,1-2,7-8H2. The molecule has 1 aromatic rings. The molecule has 1 heterocycles. The van der Waals surface area contributed by atoms with Crippen LogP contribution in [0.3, 0.4) is 0 Å². The topological polar surface area (TPSA) is 33.5 Å². The highest BCUT2D eigenvalue weighted by molar-refractivity contribution is 5.91. The lowest BCUT2D eigenvalue weighted by atomic mass is 10.3. The van der Waals surface area contributed by atoms with Crippen LogP contribution < -0.4 is 0 Å². The number of hydrogen-bond donors (Lipinski definition) is 0. The molecule has 1 rings (SSSR count). The van der Waals surface area contributed by atoms with E-state index in [1.807, 2.05) is 0 Å². The van der Waals surface area contributed by atoms with Crippen molar-refractivity contribution in [1.29, 1.82) is 0 Å². The zero-order valence-corrected chi connectivity index (χ0v) is 7.98. The number of carbonyl (C=O) groups excluding carboxylic acids is 1. The maximum atomic E-state index is 11.7. The Morgan fingerprint density at radius 1 is 1.43 bits per heavy atom. The van der Waals surface area contributed by atoms with Crippen molar-refractivity contribution in [2.75, 3.05) is 13.1 Å². The van der Waals surface area contributed by atoms with E-state index in [9.17, 15) is 4.79 Å². The van der Waals surface area contributed by atoms with Crippen LogP contribution in [-0.2, 0) is 0 Å². The van der Waals surface area contributed by atoms with Crippen molar-refractivity contribution in [1.82, 2.24) is 4.90 Å². The smallest absolute Gasteiger partial charge is 0.290 e. The maximum absolute atomic E-state index is 11.7. The van der Waals surface area contributed by atoms with E-state index in [0.717, 1.165) is 0 Å².